The van der Waals surface area contributed by atoms with E-state index in [1.54, 1.807) is 24.3 Å². The molecule has 0 saturated carbocycles. The van der Waals surface area contributed by atoms with E-state index < -0.39 is 0 Å². The van der Waals surface area contributed by atoms with Crippen LogP contribution in [0, 0.1) is 5.82 Å². The minimum Gasteiger partial charge on any atom is -0.490 e. The van der Waals surface area contributed by atoms with Crippen molar-refractivity contribution in [1.29, 1.82) is 0 Å². The molecule has 0 aromatic heterocycles. The number of benzene rings is 2. The quantitative estimate of drug-likeness (QED) is 0.585. The number of halogens is 3. The summed E-state index contributed by atoms with van der Waals surface area (Å²) < 4.78 is 25.2. The van der Waals surface area contributed by atoms with Crippen LogP contribution in [0.3, 0.4) is 0 Å². The van der Waals surface area contributed by atoms with Crippen LogP contribution in [0.15, 0.2) is 36.4 Å². The van der Waals surface area contributed by atoms with E-state index in [9.17, 15) is 9.50 Å². The SMILES string of the molecule is CCOc1cc(CNC(CC)CO)cc(Cl)c1OCc1ccccc1F.Cl. The van der Waals surface area contributed by atoms with Gasteiger partial charge < -0.3 is 19.9 Å². The van der Waals surface area contributed by atoms with Crippen molar-refractivity contribution in [3.8, 4) is 11.5 Å². The van der Waals surface area contributed by atoms with E-state index in [2.05, 4.69) is 5.32 Å². The van der Waals surface area contributed by atoms with Gasteiger partial charge in [0.2, 0.25) is 0 Å². The van der Waals surface area contributed by atoms with Crippen LogP contribution >= 0.6 is 24.0 Å². The fourth-order valence-electron chi connectivity index (χ4n) is 2.49. The number of nitrogens with one attached hydrogen (secondary N) is 1. The smallest absolute Gasteiger partial charge is 0.180 e. The molecule has 0 aliphatic heterocycles. The van der Waals surface area contributed by atoms with Crippen LogP contribution in [0.4, 0.5) is 4.39 Å². The fraction of sp³-hybridized carbons (Fsp3) is 0.400. The largest absolute Gasteiger partial charge is 0.490 e. The van der Waals surface area contributed by atoms with Gasteiger partial charge in [0.25, 0.3) is 0 Å². The van der Waals surface area contributed by atoms with Crippen LogP contribution < -0.4 is 14.8 Å². The Kier molecular flexibility index (Phi) is 10.5. The van der Waals surface area contributed by atoms with Crippen molar-refractivity contribution in [2.24, 2.45) is 0 Å². The Morgan fingerprint density at radius 1 is 1.19 bits per heavy atom. The molecule has 0 heterocycles. The summed E-state index contributed by atoms with van der Waals surface area (Å²) in [6.07, 6.45) is 0.826. The summed E-state index contributed by atoms with van der Waals surface area (Å²) in [6.45, 7) is 5.02. The molecule has 0 spiro atoms. The van der Waals surface area contributed by atoms with E-state index in [1.807, 2.05) is 19.9 Å². The Hall–Kier alpha value is -1.53. The lowest BCUT2D eigenvalue weighted by atomic mass is 10.1. The third-order valence-corrected chi connectivity index (χ3v) is 4.29. The minimum atomic E-state index is -0.322. The first-order chi connectivity index (χ1) is 12.6. The number of ether oxygens (including phenoxy) is 2. The van der Waals surface area contributed by atoms with Crippen LogP contribution in [0.25, 0.3) is 0 Å². The topological polar surface area (TPSA) is 50.7 Å². The predicted molar refractivity (Wildman–Crippen MR) is 109 cm³/mol. The molecular formula is C20H26Cl2FNO3. The molecule has 0 aliphatic carbocycles. The molecule has 0 aliphatic rings. The Balaban J connectivity index is 0.00000364. The van der Waals surface area contributed by atoms with Gasteiger partial charge in [0.05, 0.1) is 18.2 Å². The molecule has 1 unspecified atom stereocenters. The summed E-state index contributed by atoms with van der Waals surface area (Å²) in [5.74, 6) is 0.594. The second kappa shape index (κ2) is 12.0. The van der Waals surface area contributed by atoms with Crippen LogP contribution in [-0.2, 0) is 13.2 Å². The van der Waals surface area contributed by atoms with Gasteiger partial charge in [-0.3, -0.25) is 0 Å². The van der Waals surface area contributed by atoms with E-state index >= 15 is 0 Å². The molecule has 0 saturated heterocycles. The zero-order valence-corrected chi connectivity index (χ0v) is 17.1. The van der Waals surface area contributed by atoms with Crippen molar-refractivity contribution in [3.05, 3.63) is 58.4 Å². The lowest BCUT2D eigenvalue weighted by Crippen LogP contribution is -2.31. The highest BCUT2D eigenvalue weighted by atomic mass is 35.5. The van der Waals surface area contributed by atoms with Gasteiger partial charge in [-0.2, -0.15) is 0 Å². The zero-order valence-electron chi connectivity index (χ0n) is 15.5. The van der Waals surface area contributed by atoms with Crippen molar-refractivity contribution >= 4 is 24.0 Å². The van der Waals surface area contributed by atoms with Gasteiger partial charge in [0, 0.05) is 18.2 Å². The first kappa shape index (κ1) is 23.5. The Morgan fingerprint density at radius 2 is 1.93 bits per heavy atom. The maximum absolute atomic E-state index is 13.8. The first-order valence-electron chi connectivity index (χ1n) is 8.74. The molecule has 2 aromatic rings. The molecule has 0 amide bonds. The van der Waals surface area contributed by atoms with E-state index in [0.29, 0.717) is 35.2 Å². The highest BCUT2D eigenvalue weighted by molar-refractivity contribution is 6.32. The average Bonchev–Trinajstić information content (AvgIpc) is 2.63. The average molecular weight is 418 g/mol. The van der Waals surface area contributed by atoms with Crippen LogP contribution in [0.1, 0.15) is 31.4 Å². The van der Waals surface area contributed by atoms with E-state index in [-0.39, 0.29) is 37.5 Å². The van der Waals surface area contributed by atoms with E-state index in [0.717, 1.165) is 12.0 Å². The van der Waals surface area contributed by atoms with E-state index in [4.69, 9.17) is 21.1 Å². The van der Waals surface area contributed by atoms with Gasteiger partial charge >= 0.3 is 0 Å². The van der Waals surface area contributed by atoms with Gasteiger partial charge in [-0.25, -0.2) is 4.39 Å². The molecular weight excluding hydrogens is 392 g/mol. The number of rotatable bonds is 10. The van der Waals surface area contributed by atoms with E-state index in [1.165, 1.54) is 6.07 Å². The molecule has 0 radical (unpaired) electrons. The molecule has 2 rings (SSSR count). The fourth-order valence-corrected chi connectivity index (χ4v) is 2.78. The van der Waals surface area contributed by atoms with Crippen molar-refractivity contribution in [3.63, 3.8) is 0 Å². The summed E-state index contributed by atoms with van der Waals surface area (Å²) in [5, 5.41) is 12.9. The maximum atomic E-state index is 13.8. The van der Waals surface area contributed by atoms with Crippen molar-refractivity contribution in [1.82, 2.24) is 5.32 Å². The van der Waals surface area contributed by atoms with Crippen LogP contribution in [0.2, 0.25) is 5.02 Å². The standard InChI is InChI=1S/C20H25ClFNO3.ClH/c1-3-16(12-24)23-11-14-9-17(21)20(19(10-14)25-4-2)26-13-15-7-5-6-8-18(15)22;/h5-10,16,23-24H,3-4,11-13H2,1-2H3;1H. The Labute approximate surface area is 171 Å². The van der Waals surface area contributed by atoms with Gasteiger partial charge in [-0.1, -0.05) is 36.7 Å². The maximum Gasteiger partial charge on any atom is 0.180 e. The third-order valence-electron chi connectivity index (χ3n) is 4.01. The normalized spacial score (nSPS) is 11.6. The van der Waals surface area contributed by atoms with Crippen LogP contribution in [0.5, 0.6) is 11.5 Å². The highest BCUT2D eigenvalue weighted by Crippen LogP contribution is 2.37. The Morgan fingerprint density at radius 3 is 2.56 bits per heavy atom. The number of hydrogen-bond donors (Lipinski definition) is 2. The Bertz CT molecular complexity index is 712. The van der Waals surface area contributed by atoms with Gasteiger partial charge in [0.15, 0.2) is 11.5 Å². The molecule has 7 heteroatoms. The van der Waals surface area contributed by atoms with Crippen molar-refractivity contribution < 1.29 is 19.0 Å². The summed E-state index contributed by atoms with van der Waals surface area (Å²) in [6, 6.07) is 10.1. The molecule has 0 bridgehead atoms. The van der Waals surface area contributed by atoms with Gasteiger partial charge in [-0.15, -0.1) is 12.4 Å². The molecule has 150 valence electrons. The monoisotopic (exact) mass is 417 g/mol. The third kappa shape index (κ3) is 6.85. The number of aliphatic hydroxyl groups is 1. The summed E-state index contributed by atoms with van der Waals surface area (Å²) in [7, 11) is 0. The minimum absolute atomic E-state index is 0. The molecule has 27 heavy (non-hydrogen) atoms. The van der Waals surface area contributed by atoms with Gasteiger partial charge in [-0.05, 0) is 37.1 Å². The van der Waals surface area contributed by atoms with Crippen molar-refractivity contribution in [2.45, 2.75) is 39.5 Å². The van der Waals surface area contributed by atoms with Gasteiger partial charge in [0.1, 0.15) is 12.4 Å². The molecule has 2 aromatic carbocycles. The molecule has 2 N–H and O–H groups in total. The zero-order chi connectivity index (χ0) is 18.9. The summed E-state index contributed by atoms with van der Waals surface area (Å²) >= 11 is 6.38. The lowest BCUT2D eigenvalue weighted by Gasteiger charge is -2.17. The summed E-state index contributed by atoms with van der Waals surface area (Å²) in [5.41, 5.74) is 1.37. The van der Waals surface area contributed by atoms with Crippen molar-refractivity contribution in [2.75, 3.05) is 13.2 Å². The summed E-state index contributed by atoms with van der Waals surface area (Å²) in [4.78, 5) is 0. The molecule has 1 atom stereocenters. The molecule has 0 fully saturated rings. The number of hydrogen-bond acceptors (Lipinski definition) is 4. The first-order valence-corrected chi connectivity index (χ1v) is 9.12. The van der Waals surface area contributed by atoms with Crippen LogP contribution in [-0.4, -0.2) is 24.4 Å². The number of aliphatic hydroxyl groups excluding tert-OH is 1. The lowest BCUT2D eigenvalue weighted by molar-refractivity contribution is 0.238. The second-order valence-electron chi connectivity index (χ2n) is 5.89. The second-order valence-corrected chi connectivity index (χ2v) is 6.29. The predicted octanol–water partition coefficient (Wildman–Crippen LogP) is 4.74. The highest BCUT2D eigenvalue weighted by Gasteiger charge is 2.14. The molecule has 4 nitrogen and oxygen atoms in total.